The summed E-state index contributed by atoms with van der Waals surface area (Å²) >= 11 is 1.31. The Morgan fingerprint density at radius 1 is 1.04 bits per heavy atom. The first-order valence-corrected chi connectivity index (χ1v) is 10.2. The maximum atomic E-state index is 12.8. The number of nitrogens with one attached hydrogen (secondary N) is 1. The molecule has 0 saturated heterocycles. The number of thiophene rings is 1. The summed E-state index contributed by atoms with van der Waals surface area (Å²) in [5.41, 5.74) is 0.986. The Morgan fingerprint density at radius 3 is 2.50 bits per heavy atom. The number of hydrogen-bond donors (Lipinski definition) is 1. The number of benzene rings is 2. The summed E-state index contributed by atoms with van der Waals surface area (Å²) in [4.78, 5) is 25.5. The molecule has 0 bridgehead atoms. The summed E-state index contributed by atoms with van der Waals surface area (Å²) in [6.45, 7) is 4.80. The number of carbonyl (C=O) groups excluding carboxylic acids is 2. The highest BCUT2D eigenvalue weighted by Crippen LogP contribution is 2.36. The lowest BCUT2D eigenvalue weighted by molar-refractivity contribution is 0.0533. The van der Waals surface area contributed by atoms with E-state index in [1.54, 1.807) is 31.2 Å². The first kappa shape index (κ1) is 19.9. The van der Waals surface area contributed by atoms with E-state index >= 15 is 0 Å². The van der Waals surface area contributed by atoms with Crippen LogP contribution in [0.5, 0.6) is 5.75 Å². The van der Waals surface area contributed by atoms with Crippen molar-refractivity contribution in [1.29, 1.82) is 0 Å². The molecular weight excluding hydrogens is 374 g/mol. The van der Waals surface area contributed by atoms with Gasteiger partial charge < -0.3 is 14.8 Å². The van der Waals surface area contributed by atoms with Gasteiger partial charge in [0.15, 0.2) is 0 Å². The van der Waals surface area contributed by atoms with Gasteiger partial charge in [0.1, 0.15) is 10.6 Å². The number of hydrogen-bond acceptors (Lipinski definition) is 5. The van der Waals surface area contributed by atoms with Crippen LogP contribution in [0, 0.1) is 0 Å². The van der Waals surface area contributed by atoms with Gasteiger partial charge >= 0.3 is 5.97 Å². The molecule has 6 heteroatoms. The molecule has 1 heterocycles. The second-order valence-electron chi connectivity index (χ2n) is 6.20. The van der Waals surface area contributed by atoms with Crippen molar-refractivity contribution in [3.05, 3.63) is 59.0 Å². The number of unbranched alkanes of at least 4 members (excludes halogenated alkanes) is 1. The molecule has 146 valence electrons. The highest BCUT2D eigenvalue weighted by Gasteiger charge is 2.21. The molecule has 0 saturated carbocycles. The van der Waals surface area contributed by atoms with Gasteiger partial charge in [0.2, 0.25) is 0 Å². The van der Waals surface area contributed by atoms with E-state index in [1.807, 2.05) is 24.3 Å². The number of anilines is 1. The highest BCUT2D eigenvalue weighted by molar-refractivity contribution is 7.21. The normalized spacial score (nSPS) is 10.6. The molecule has 0 fully saturated rings. The fourth-order valence-electron chi connectivity index (χ4n) is 2.73. The van der Waals surface area contributed by atoms with Crippen LogP contribution in [-0.2, 0) is 4.74 Å². The number of esters is 1. The van der Waals surface area contributed by atoms with Crippen molar-refractivity contribution in [3.63, 3.8) is 0 Å². The average Bonchev–Trinajstić information content (AvgIpc) is 3.07. The predicted octanol–water partition coefficient (Wildman–Crippen LogP) is 5.51. The van der Waals surface area contributed by atoms with Crippen LogP contribution in [-0.4, -0.2) is 25.1 Å². The second-order valence-corrected chi connectivity index (χ2v) is 7.26. The molecule has 2 aromatic carbocycles. The second kappa shape index (κ2) is 9.37. The third-order valence-corrected chi connectivity index (χ3v) is 5.33. The van der Waals surface area contributed by atoms with Gasteiger partial charge in [0, 0.05) is 15.6 Å². The third-order valence-electron chi connectivity index (χ3n) is 4.18. The highest BCUT2D eigenvalue weighted by atomic mass is 32.1. The summed E-state index contributed by atoms with van der Waals surface area (Å²) in [5.74, 6) is 0.0195. The van der Waals surface area contributed by atoms with E-state index in [2.05, 4.69) is 12.2 Å². The van der Waals surface area contributed by atoms with E-state index < -0.39 is 5.97 Å². The van der Waals surface area contributed by atoms with Crippen LogP contribution < -0.4 is 10.1 Å². The molecule has 3 aromatic rings. The minimum Gasteiger partial charge on any atom is -0.494 e. The van der Waals surface area contributed by atoms with Gasteiger partial charge in [-0.25, -0.2) is 4.79 Å². The van der Waals surface area contributed by atoms with Gasteiger partial charge in [0.25, 0.3) is 5.91 Å². The number of carbonyl (C=O) groups is 2. The van der Waals surface area contributed by atoms with Gasteiger partial charge in [0.05, 0.1) is 18.9 Å². The van der Waals surface area contributed by atoms with Crippen LogP contribution in [0.1, 0.15) is 46.7 Å². The lowest BCUT2D eigenvalue weighted by Crippen LogP contribution is -2.14. The van der Waals surface area contributed by atoms with Gasteiger partial charge in [-0.05, 0) is 43.7 Å². The van der Waals surface area contributed by atoms with E-state index in [-0.39, 0.29) is 12.5 Å². The van der Waals surface area contributed by atoms with Gasteiger partial charge in [-0.15, -0.1) is 11.3 Å². The standard InChI is InChI=1S/C22H23NO4S/c1-3-5-14-27-16-12-10-15(11-13-16)21(24)23-19-17-8-6-7-9-18(17)28-20(19)22(25)26-4-2/h6-13H,3-5,14H2,1-2H3,(H,23,24). The maximum absolute atomic E-state index is 12.8. The molecule has 0 aliphatic carbocycles. The Kier molecular flexibility index (Phi) is 6.66. The van der Waals surface area contributed by atoms with E-state index in [9.17, 15) is 9.59 Å². The van der Waals surface area contributed by atoms with Crippen molar-refractivity contribution in [3.8, 4) is 5.75 Å². The van der Waals surface area contributed by atoms with E-state index in [0.717, 1.165) is 28.7 Å². The number of ether oxygens (including phenoxy) is 2. The number of rotatable bonds is 8. The van der Waals surface area contributed by atoms with Crippen molar-refractivity contribution in [2.24, 2.45) is 0 Å². The predicted molar refractivity (Wildman–Crippen MR) is 113 cm³/mol. The van der Waals surface area contributed by atoms with E-state index in [0.29, 0.717) is 22.7 Å². The van der Waals surface area contributed by atoms with E-state index in [1.165, 1.54) is 11.3 Å². The van der Waals surface area contributed by atoms with Crippen LogP contribution in [0.3, 0.4) is 0 Å². The Balaban J connectivity index is 1.82. The Hall–Kier alpha value is -2.86. The van der Waals surface area contributed by atoms with Crippen molar-refractivity contribution < 1.29 is 19.1 Å². The minimum absolute atomic E-state index is 0.278. The Bertz CT molecular complexity index is 962. The first-order chi connectivity index (χ1) is 13.6. The van der Waals surface area contributed by atoms with Crippen LogP contribution >= 0.6 is 11.3 Å². The summed E-state index contributed by atoms with van der Waals surface area (Å²) in [7, 11) is 0. The Morgan fingerprint density at radius 2 is 1.79 bits per heavy atom. The number of fused-ring (bicyclic) bond motifs is 1. The summed E-state index contributed by atoms with van der Waals surface area (Å²) < 4.78 is 11.7. The van der Waals surface area contributed by atoms with Gasteiger partial charge in [-0.2, -0.15) is 0 Å². The monoisotopic (exact) mass is 397 g/mol. The van der Waals surface area contributed by atoms with Crippen molar-refractivity contribution in [2.75, 3.05) is 18.5 Å². The number of amides is 1. The van der Waals surface area contributed by atoms with Crippen molar-refractivity contribution in [1.82, 2.24) is 0 Å². The molecule has 28 heavy (non-hydrogen) atoms. The molecule has 0 atom stereocenters. The molecule has 0 aliphatic rings. The molecule has 3 rings (SSSR count). The molecular formula is C22H23NO4S. The minimum atomic E-state index is -0.432. The lowest BCUT2D eigenvalue weighted by atomic mass is 10.1. The molecule has 0 unspecified atom stereocenters. The average molecular weight is 397 g/mol. The summed E-state index contributed by atoms with van der Waals surface area (Å²) in [6.07, 6.45) is 2.06. The summed E-state index contributed by atoms with van der Waals surface area (Å²) in [6, 6.07) is 14.6. The molecule has 1 aromatic heterocycles. The van der Waals surface area contributed by atoms with Crippen LogP contribution in [0.4, 0.5) is 5.69 Å². The zero-order chi connectivity index (χ0) is 19.9. The van der Waals surface area contributed by atoms with Crippen LogP contribution in [0.2, 0.25) is 0 Å². The molecule has 0 radical (unpaired) electrons. The Labute approximate surface area is 168 Å². The molecule has 5 nitrogen and oxygen atoms in total. The van der Waals surface area contributed by atoms with Crippen LogP contribution in [0.15, 0.2) is 48.5 Å². The largest absolute Gasteiger partial charge is 0.494 e. The summed E-state index contributed by atoms with van der Waals surface area (Å²) in [5, 5.41) is 3.71. The van der Waals surface area contributed by atoms with Gasteiger partial charge in [-0.3, -0.25) is 4.79 Å². The zero-order valence-corrected chi connectivity index (χ0v) is 16.8. The molecule has 0 aliphatic heterocycles. The quantitative estimate of drug-likeness (QED) is 0.402. The lowest BCUT2D eigenvalue weighted by Gasteiger charge is -2.09. The third kappa shape index (κ3) is 4.51. The first-order valence-electron chi connectivity index (χ1n) is 9.37. The molecule has 0 spiro atoms. The van der Waals surface area contributed by atoms with Gasteiger partial charge in [-0.1, -0.05) is 31.5 Å². The molecule has 1 N–H and O–H groups in total. The SMILES string of the molecule is CCCCOc1ccc(C(=O)Nc2c(C(=O)OCC)sc3ccccc23)cc1. The maximum Gasteiger partial charge on any atom is 0.350 e. The van der Waals surface area contributed by atoms with Crippen molar-refractivity contribution in [2.45, 2.75) is 26.7 Å². The van der Waals surface area contributed by atoms with E-state index in [4.69, 9.17) is 9.47 Å². The fourth-order valence-corrected chi connectivity index (χ4v) is 3.78. The smallest absolute Gasteiger partial charge is 0.350 e. The topological polar surface area (TPSA) is 64.6 Å². The van der Waals surface area contributed by atoms with Crippen molar-refractivity contribution >= 4 is 39.0 Å². The fraction of sp³-hybridized carbons (Fsp3) is 0.273. The van der Waals surface area contributed by atoms with Crippen LogP contribution in [0.25, 0.3) is 10.1 Å². The molecule has 1 amide bonds. The zero-order valence-electron chi connectivity index (χ0n) is 16.0.